The summed E-state index contributed by atoms with van der Waals surface area (Å²) in [7, 11) is 0. The predicted octanol–water partition coefficient (Wildman–Crippen LogP) is 2.48. The molecule has 0 amide bonds. The summed E-state index contributed by atoms with van der Waals surface area (Å²) >= 11 is 5.57. The Morgan fingerprint density at radius 3 is 2.77 bits per heavy atom. The van der Waals surface area contributed by atoms with Crippen LogP contribution in [0.1, 0.15) is 6.55 Å². The number of alkyl halides is 2. The van der Waals surface area contributed by atoms with Crippen LogP contribution in [0.15, 0.2) is 18.3 Å². The van der Waals surface area contributed by atoms with E-state index in [4.69, 9.17) is 11.6 Å². The van der Waals surface area contributed by atoms with Gasteiger partial charge in [0.2, 0.25) is 0 Å². The molecule has 0 fully saturated rings. The fraction of sp³-hybridized carbons (Fsp3) is 0.143. The van der Waals surface area contributed by atoms with Crippen molar-refractivity contribution in [1.29, 1.82) is 0 Å². The molecule has 0 unspecified atom stereocenters. The van der Waals surface area contributed by atoms with Gasteiger partial charge in [-0.05, 0) is 12.1 Å². The van der Waals surface area contributed by atoms with Gasteiger partial charge in [0.25, 0.3) is 0 Å². The zero-order chi connectivity index (χ0) is 9.42. The van der Waals surface area contributed by atoms with E-state index in [2.05, 4.69) is 10.1 Å². The first-order valence-electron chi connectivity index (χ1n) is 3.46. The molecule has 0 bridgehead atoms. The van der Waals surface area contributed by atoms with E-state index in [0.717, 1.165) is 6.20 Å². The van der Waals surface area contributed by atoms with E-state index >= 15 is 0 Å². The van der Waals surface area contributed by atoms with Gasteiger partial charge in [-0.1, -0.05) is 11.6 Å². The predicted molar refractivity (Wildman–Crippen MR) is 43.8 cm³/mol. The molecule has 0 radical (unpaired) electrons. The summed E-state index contributed by atoms with van der Waals surface area (Å²) < 4.78 is 24.8. The molecule has 2 rings (SSSR count). The summed E-state index contributed by atoms with van der Waals surface area (Å²) in [5.41, 5.74) is 0.775. The highest BCUT2D eigenvalue weighted by Crippen LogP contribution is 2.17. The highest BCUT2D eigenvalue weighted by Gasteiger charge is 2.09. The highest BCUT2D eigenvalue weighted by molar-refractivity contribution is 6.29. The topological polar surface area (TPSA) is 30.7 Å². The largest absolute Gasteiger partial charge is 0.333 e. The maximum absolute atomic E-state index is 12.1. The first kappa shape index (κ1) is 8.37. The summed E-state index contributed by atoms with van der Waals surface area (Å²) in [6, 6.07) is 3.05. The van der Waals surface area contributed by atoms with Gasteiger partial charge < -0.3 is 0 Å². The van der Waals surface area contributed by atoms with Gasteiger partial charge in [0.05, 0.1) is 6.20 Å². The van der Waals surface area contributed by atoms with E-state index in [0.29, 0.717) is 15.7 Å². The van der Waals surface area contributed by atoms with Crippen molar-refractivity contribution in [2.75, 3.05) is 0 Å². The second-order valence-corrected chi connectivity index (χ2v) is 2.81. The van der Waals surface area contributed by atoms with Crippen LogP contribution < -0.4 is 0 Å². The van der Waals surface area contributed by atoms with Gasteiger partial charge in [-0.25, -0.2) is 9.67 Å². The summed E-state index contributed by atoms with van der Waals surface area (Å²) in [5.74, 6) is 0. The van der Waals surface area contributed by atoms with Crippen LogP contribution in [0.2, 0.25) is 5.15 Å². The van der Waals surface area contributed by atoms with Crippen molar-refractivity contribution in [3.05, 3.63) is 23.5 Å². The van der Waals surface area contributed by atoms with Crippen LogP contribution in [-0.2, 0) is 0 Å². The van der Waals surface area contributed by atoms with Crippen molar-refractivity contribution in [3.8, 4) is 0 Å². The molecule has 0 aliphatic rings. The minimum absolute atomic E-state index is 0.265. The average Bonchev–Trinajstić information content (AvgIpc) is 2.46. The van der Waals surface area contributed by atoms with Crippen LogP contribution in [0.25, 0.3) is 11.0 Å². The van der Waals surface area contributed by atoms with E-state index in [-0.39, 0.29) is 5.15 Å². The Balaban J connectivity index is 2.62. The van der Waals surface area contributed by atoms with Gasteiger partial charge in [0, 0.05) is 0 Å². The molecule has 0 atom stereocenters. The second-order valence-electron chi connectivity index (χ2n) is 2.43. The van der Waals surface area contributed by atoms with E-state index in [1.807, 2.05) is 0 Å². The second kappa shape index (κ2) is 2.92. The van der Waals surface area contributed by atoms with Crippen molar-refractivity contribution in [2.24, 2.45) is 0 Å². The number of halogens is 3. The van der Waals surface area contributed by atoms with Gasteiger partial charge in [0.15, 0.2) is 0 Å². The van der Waals surface area contributed by atoms with E-state index < -0.39 is 6.55 Å². The number of fused-ring (bicyclic) bond motifs is 1. The van der Waals surface area contributed by atoms with Gasteiger partial charge in [0.1, 0.15) is 16.2 Å². The van der Waals surface area contributed by atoms with Crippen molar-refractivity contribution in [3.63, 3.8) is 0 Å². The first-order chi connectivity index (χ1) is 6.16. The third kappa shape index (κ3) is 1.47. The molecular weight excluding hydrogens is 200 g/mol. The average molecular weight is 204 g/mol. The Labute approximate surface area is 76.9 Å². The standard InChI is InChI=1S/C7H4ClF2N3/c8-6-2-1-4-5(11-6)3-13(12-4)7(9)10/h1-3,7H. The molecule has 0 saturated heterocycles. The van der Waals surface area contributed by atoms with Gasteiger partial charge in [-0.15, -0.1) is 0 Å². The third-order valence-electron chi connectivity index (χ3n) is 1.55. The molecule has 0 aliphatic carbocycles. The van der Waals surface area contributed by atoms with Crippen molar-refractivity contribution >= 4 is 22.6 Å². The quantitative estimate of drug-likeness (QED) is 0.667. The maximum atomic E-state index is 12.1. The summed E-state index contributed by atoms with van der Waals surface area (Å²) in [5, 5.41) is 3.86. The number of rotatable bonds is 1. The molecule has 2 heterocycles. The van der Waals surface area contributed by atoms with Crippen LogP contribution in [0.5, 0.6) is 0 Å². The van der Waals surface area contributed by atoms with E-state index in [1.54, 1.807) is 6.07 Å². The molecule has 68 valence electrons. The Morgan fingerprint density at radius 2 is 2.08 bits per heavy atom. The van der Waals surface area contributed by atoms with Crippen LogP contribution in [-0.4, -0.2) is 14.8 Å². The lowest BCUT2D eigenvalue weighted by Crippen LogP contribution is -1.96. The molecule has 0 spiro atoms. The molecule has 13 heavy (non-hydrogen) atoms. The smallest absolute Gasteiger partial charge is 0.233 e. The molecule has 2 aromatic heterocycles. The maximum Gasteiger partial charge on any atom is 0.333 e. The van der Waals surface area contributed by atoms with Gasteiger partial charge in [-0.2, -0.15) is 13.9 Å². The fourth-order valence-corrected chi connectivity index (χ4v) is 1.15. The minimum atomic E-state index is -2.65. The molecule has 0 aliphatic heterocycles. The molecule has 0 aromatic carbocycles. The summed E-state index contributed by atoms with van der Waals surface area (Å²) in [6.07, 6.45) is 1.16. The summed E-state index contributed by atoms with van der Waals surface area (Å²) in [6.45, 7) is -2.65. The van der Waals surface area contributed by atoms with Crippen LogP contribution in [0.4, 0.5) is 8.78 Å². The van der Waals surface area contributed by atoms with Crippen LogP contribution in [0, 0.1) is 0 Å². The van der Waals surface area contributed by atoms with Crippen LogP contribution in [0.3, 0.4) is 0 Å². The minimum Gasteiger partial charge on any atom is -0.233 e. The SMILES string of the molecule is FC(F)n1cc2nc(Cl)ccc2n1. The summed E-state index contributed by atoms with van der Waals surface area (Å²) in [4.78, 5) is 3.83. The monoisotopic (exact) mass is 203 g/mol. The zero-order valence-corrected chi connectivity index (χ0v) is 7.04. The molecule has 6 heteroatoms. The van der Waals surface area contributed by atoms with E-state index in [9.17, 15) is 8.78 Å². The van der Waals surface area contributed by atoms with Crippen molar-refractivity contribution in [2.45, 2.75) is 6.55 Å². The first-order valence-corrected chi connectivity index (χ1v) is 3.84. The number of hydrogen-bond donors (Lipinski definition) is 0. The van der Waals surface area contributed by atoms with Gasteiger partial charge >= 0.3 is 6.55 Å². The van der Waals surface area contributed by atoms with Crippen molar-refractivity contribution in [1.82, 2.24) is 14.8 Å². The number of aromatic nitrogens is 3. The van der Waals surface area contributed by atoms with E-state index in [1.165, 1.54) is 6.07 Å². The highest BCUT2D eigenvalue weighted by atomic mass is 35.5. The Kier molecular flexibility index (Phi) is 1.88. The molecule has 2 aromatic rings. The molecule has 0 N–H and O–H groups in total. The Morgan fingerprint density at radius 1 is 1.31 bits per heavy atom. The number of nitrogens with zero attached hydrogens (tertiary/aromatic N) is 3. The molecule has 3 nitrogen and oxygen atoms in total. The van der Waals surface area contributed by atoms with Crippen LogP contribution >= 0.6 is 11.6 Å². The zero-order valence-electron chi connectivity index (χ0n) is 6.28. The van der Waals surface area contributed by atoms with Crippen molar-refractivity contribution < 1.29 is 8.78 Å². The fourth-order valence-electron chi connectivity index (χ4n) is 1.00. The molecular formula is C7H4ClF2N3. The lowest BCUT2D eigenvalue weighted by molar-refractivity contribution is 0.0573. The van der Waals surface area contributed by atoms with Gasteiger partial charge in [-0.3, -0.25) is 0 Å². The number of pyridine rings is 1. The third-order valence-corrected chi connectivity index (χ3v) is 1.76. The normalized spacial score (nSPS) is 11.4. The number of hydrogen-bond acceptors (Lipinski definition) is 2. The Hall–Kier alpha value is -1.23. The Bertz CT molecular complexity index is 440. The lowest BCUT2D eigenvalue weighted by atomic mass is 10.4. The lowest BCUT2D eigenvalue weighted by Gasteiger charge is -1.93. The molecule has 0 saturated carbocycles.